The van der Waals surface area contributed by atoms with E-state index >= 15 is 0 Å². The zero-order chi connectivity index (χ0) is 6.97. The Morgan fingerprint density at radius 3 is 3.10 bits per heavy atom. The van der Waals surface area contributed by atoms with Crippen LogP contribution in [0.3, 0.4) is 0 Å². The molecule has 0 amide bonds. The summed E-state index contributed by atoms with van der Waals surface area (Å²) in [5.74, 6) is 1.92. The smallest absolute Gasteiger partial charge is 0.0128 e. The number of nitrogens with two attached hydrogens (primary N) is 1. The van der Waals surface area contributed by atoms with E-state index in [-0.39, 0.29) is 7.92 Å². The van der Waals surface area contributed by atoms with E-state index in [2.05, 4.69) is 12.2 Å². The van der Waals surface area contributed by atoms with Crippen LogP contribution in [0.25, 0.3) is 0 Å². The van der Waals surface area contributed by atoms with Crippen molar-refractivity contribution in [1.29, 1.82) is 0 Å². The fourth-order valence-corrected chi connectivity index (χ4v) is 4.58. The van der Waals surface area contributed by atoms with Gasteiger partial charge in [-0.1, -0.05) is 20.1 Å². The predicted molar refractivity (Wildman–Crippen MR) is 46.4 cm³/mol. The first-order valence-electron chi connectivity index (χ1n) is 3.99. The highest BCUT2D eigenvalue weighted by Gasteiger charge is 2.33. The lowest BCUT2D eigenvalue weighted by Gasteiger charge is -2.05. The Balaban J connectivity index is 1.99. The summed E-state index contributed by atoms with van der Waals surface area (Å²) < 4.78 is 0. The lowest BCUT2D eigenvalue weighted by Crippen LogP contribution is -2.02. The van der Waals surface area contributed by atoms with Gasteiger partial charge in [0.25, 0.3) is 0 Å². The summed E-state index contributed by atoms with van der Waals surface area (Å²) in [6.45, 7) is 0. The molecular formula is C8H14NP. The molecule has 0 aromatic carbocycles. The van der Waals surface area contributed by atoms with Gasteiger partial charge in [0, 0.05) is 6.29 Å². The molecule has 2 N–H and O–H groups in total. The Labute approximate surface area is 63.4 Å². The van der Waals surface area contributed by atoms with Gasteiger partial charge in [-0.2, -0.15) is 0 Å². The van der Waals surface area contributed by atoms with E-state index in [1.165, 1.54) is 18.7 Å². The highest BCUT2D eigenvalue weighted by Crippen LogP contribution is 2.51. The zero-order valence-corrected chi connectivity index (χ0v) is 7.06. The summed E-state index contributed by atoms with van der Waals surface area (Å²) in [6.07, 6.45) is 9.93. The zero-order valence-electron chi connectivity index (χ0n) is 6.16. The van der Waals surface area contributed by atoms with Gasteiger partial charge in [0.1, 0.15) is 0 Å². The quantitative estimate of drug-likeness (QED) is 0.451. The van der Waals surface area contributed by atoms with E-state index in [9.17, 15) is 0 Å². The van der Waals surface area contributed by atoms with Crippen molar-refractivity contribution >= 4 is 7.92 Å². The van der Waals surface area contributed by atoms with Crippen LogP contribution < -0.4 is 5.73 Å². The summed E-state index contributed by atoms with van der Waals surface area (Å²) in [5.41, 5.74) is 5.64. The SMILES string of the molecule is NCP1CC2C=CCC2C1. The molecule has 3 atom stereocenters. The van der Waals surface area contributed by atoms with Gasteiger partial charge in [-0.15, -0.1) is 0 Å². The number of hydrogen-bond donors (Lipinski definition) is 1. The van der Waals surface area contributed by atoms with Crippen molar-refractivity contribution in [3.63, 3.8) is 0 Å². The molecule has 1 heterocycles. The van der Waals surface area contributed by atoms with Crippen LogP contribution in [0.5, 0.6) is 0 Å². The second kappa shape index (κ2) is 2.64. The van der Waals surface area contributed by atoms with Crippen molar-refractivity contribution in [2.75, 3.05) is 18.6 Å². The molecule has 2 aliphatic rings. The summed E-state index contributed by atoms with van der Waals surface area (Å²) in [4.78, 5) is 0. The van der Waals surface area contributed by atoms with Gasteiger partial charge in [0.2, 0.25) is 0 Å². The van der Waals surface area contributed by atoms with Gasteiger partial charge in [0.15, 0.2) is 0 Å². The van der Waals surface area contributed by atoms with Gasteiger partial charge in [-0.05, 0) is 30.6 Å². The molecular weight excluding hydrogens is 141 g/mol. The number of fused-ring (bicyclic) bond motifs is 1. The predicted octanol–water partition coefficient (Wildman–Crippen LogP) is 1.59. The van der Waals surface area contributed by atoms with Crippen molar-refractivity contribution < 1.29 is 0 Å². The first kappa shape index (κ1) is 6.82. The Morgan fingerprint density at radius 2 is 2.40 bits per heavy atom. The minimum absolute atomic E-state index is 0.250. The van der Waals surface area contributed by atoms with Crippen LogP contribution in [-0.4, -0.2) is 18.6 Å². The number of allylic oxidation sites excluding steroid dienone is 2. The van der Waals surface area contributed by atoms with Gasteiger partial charge in [0.05, 0.1) is 0 Å². The molecule has 2 rings (SSSR count). The minimum atomic E-state index is 0.250. The largest absolute Gasteiger partial charge is 0.327 e. The normalized spacial score (nSPS) is 44.3. The highest BCUT2D eigenvalue weighted by molar-refractivity contribution is 7.57. The molecule has 0 saturated carbocycles. The fraction of sp³-hybridized carbons (Fsp3) is 0.750. The summed E-state index contributed by atoms with van der Waals surface area (Å²) in [7, 11) is 0.250. The van der Waals surface area contributed by atoms with Crippen molar-refractivity contribution in [3.8, 4) is 0 Å². The fourth-order valence-electron chi connectivity index (χ4n) is 2.03. The molecule has 0 radical (unpaired) electrons. The van der Waals surface area contributed by atoms with Crippen LogP contribution in [-0.2, 0) is 0 Å². The molecule has 0 bridgehead atoms. The van der Waals surface area contributed by atoms with E-state index < -0.39 is 0 Å². The third-order valence-corrected chi connectivity index (χ3v) is 5.09. The molecule has 1 nitrogen and oxygen atoms in total. The van der Waals surface area contributed by atoms with Gasteiger partial charge < -0.3 is 5.73 Å². The van der Waals surface area contributed by atoms with Crippen LogP contribution >= 0.6 is 7.92 Å². The molecule has 56 valence electrons. The maximum Gasteiger partial charge on any atom is 0.0128 e. The molecule has 0 aromatic rings. The Bertz CT molecular complexity index is 155. The van der Waals surface area contributed by atoms with Crippen LogP contribution in [0.15, 0.2) is 12.2 Å². The lowest BCUT2D eigenvalue weighted by molar-refractivity contribution is 0.536. The molecule has 2 heteroatoms. The molecule has 0 aromatic heterocycles. The van der Waals surface area contributed by atoms with Crippen molar-refractivity contribution in [2.45, 2.75) is 6.42 Å². The molecule has 1 fully saturated rings. The molecule has 10 heavy (non-hydrogen) atoms. The first-order valence-corrected chi connectivity index (χ1v) is 5.89. The average molecular weight is 155 g/mol. The molecule has 3 unspecified atom stereocenters. The van der Waals surface area contributed by atoms with Crippen LogP contribution in [0.4, 0.5) is 0 Å². The van der Waals surface area contributed by atoms with Gasteiger partial charge >= 0.3 is 0 Å². The summed E-state index contributed by atoms with van der Waals surface area (Å²) in [5, 5.41) is 0. The summed E-state index contributed by atoms with van der Waals surface area (Å²) in [6, 6.07) is 0. The number of rotatable bonds is 1. The molecule has 1 aliphatic heterocycles. The van der Waals surface area contributed by atoms with Gasteiger partial charge in [-0.3, -0.25) is 0 Å². The third kappa shape index (κ3) is 1.02. The van der Waals surface area contributed by atoms with Crippen molar-refractivity contribution in [2.24, 2.45) is 17.6 Å². The van der Waals surface area contributed by atoms with E-state index in [1.807, 2.05) is 0 Å². The van der Waals surface area contributed by atoms with E-state index in [4.69, 9.17) is 5.73 Å². The van der Waals surface area contributed by atoms with Gasteiger partial charge in [-0.25, -0.2) is 0 Å². The second-order valence-electron chi connectivity index (χ2n) is 3.31. The molecule has 1 aliphatic carbocycles. The van der Waals surface area contributed by atoms with Crippen LogP contribution in [0.1, 0.15) is 6.42 Å². The number of hydrogen-bond acceptors (Lipinski definition) is 1. The van der Waals surface area contributed by atoms with E-state index in [0.717, 1.165) is 18.1 Å². The van der Waals surface area contributed by atoms with E-state index in [1.54, 1.807) is 0 Å². The Kier molecular flexibility index (Phi) is 1.80. The lowest BCUT2D eigenvalue weighted by atomic mass is 10.0. The topological polar surface area (TPSA) is 26.0 Å². The van der Waals surface area contributed by atoms with Crippen molar-refractivity contribution in [3.05, 3.63) is 12.2 Å². The van der Waals surface area contributed by atoms with E-state index in [0.29, 0.717) is 0 Å². The third-order valence-electron chi connectivity index (χ3n) is 2.65. The van der Waals surface area contributed by atoms with Crippen molar-refractivity contribution in [1.82, 2.24) is 0 Å². The first-order chi connectivity index (χ1) is 4.90. The monoisotopic (exact) mass is 155 g/mol. The average Bonchev–Trinajstić information content (AvgIpc) is 2.42. The van der Waals surface area contributed by atoms with Crippen LogP contribution in [0.2, 0.25) is 0 Å². The Hall–Kier alpha value is 0.130. The summed E-state index contributed by atoms with van der Waals surface area (Å²) >= 11 is 0. The maximum atomic E-state index is 5.64. The highest BCUT2D eigenvalue weighted by atomic mass is 31.1. The molecule has 1 saturated heterocycles. The Morgan fingerprint density at radius 1 is 1.50 bits per heavy atom. The standard InChI is InChI=1S/C8H14NP/c9-6-10-4-7-2-1-3-8(7)5-10/h1-2,7-8H,3-6,9H2. The maximum absolute atomic E-state index is 5.64. The minimum Gasteiger partial charge on any atom is -0.327 e. The van der Waals surface area contributed by atoms with Crippen LogP contribution in [0, 0.1) is 11.8 Å². The second-order valence-corrected chi connectivity index (χ2v) is 5.74. The molecule has 0 spiro atoms.